The van der Waals surface area contributed by atoms with E-state index in [2.05, 4.69) is 22.2 Å². The third-order valence-corrected chi connectivity index (χ3v) is 3.55. The number of hydrogen-bond acceptors (Lipinski definition) is 6. The Morgan fingerprint density at radius 3 is 2.52 bits per heavy atom. The summed E-state index contributed by atoms with van der Waals surface area (Å²) < 4.78 is 5.31. The van der Waals surface area contributed by atoms with E-state index < -0.39 is 5.60 Å². The molecule has 0 saturated carbocycles. The molecule has 0 spiro atoms. The predicted octanol–water partition coefficient (Wildman–Crippen LogP) is 3.35. The monoisotopic (exact) mass is 311 g/mol. The molecule has 0 unspecified atom stereocenters. The molecular formula is C15H25N3O2S. The first-order chi connectivity index (χ1) is 9.73. The van der Waals surface area contributed by atoms with Gasteiger partial charge < -0.3 is 10.1 Å². The van der Waals surface area contributed by atoms with Crippen molar-refractivity contribution >= 4 is 23.5 Å². The van der Waals surface area contributed by atoms with E-state index >= 15 is 0 Å². The Kier molecular flexibility index (Phi) is 6.45. The van der Waals surface area contributed by atoms with Crippen molar-refractivity contribution < 1.29 is 9.53 Å². The molecule has 1 N–H and O–H groups in total. The first-order valence-corrected chi connectivity index (χ1v) is 8.15. The Labute approximate surface area is 131 Å². The maximum absolute atomic E-state index is 11.8. The molecular weight excluding hydrogens is 286 g/mol. The number of rotatable bonds is 6. The lowest BCUT2D eigenvalue weighted by atomic mass is 10.2. The Morgan fingerprint density at radius 2 is 1.95 bits per heavy atom. The Bertz CT molecular complexity index is 498. The molecule has 0 atom stereocenters. The number of anilines is 1. The van der Waals surface area contributed by atoms with Gasteiger partial charge in [0.05, 0.1) is 5.75 Å². The van der Waals surface area contributed by atoms with Crippen LogP contribution in [0.5, 0.6) is 0 Å². The lowest BCUT2D eigenvalue weighted by molar-refractivity contribution is -0.151. The molecule has 5 nitrogen and oxygen atoms in total. The first kappa shape index (κ1) is 17.8. The van der Waals surface area contributed by atoms with Gasteiger partial charge in [0.25, 0.3) is 0 Å². The van der Waals surface area contributed by atoms with Gasteiger partial charge in [-0.15, -0.1) is 0 Å². The molecule has 0 bridgehead atoms. The number of aryl methyl sites for hydroxylation is 1. The molecule has 0 aliphatic carbocycles. The van der Waals surface area contributed by atoms with Crippen LogP contribution in [0.15, 0.2) is 5.03 Å². The highest BCUT2D eigenvalue weighted by atomic mass is 32.2. The molecule has 1 aromatic heterocycles. The zero-order valence-corrected chi connectivity index (χ0v) is 14.6. The zero-order valence-electron chi connectivity index (χ0n) is 13.7. The highest BCUT2D eigenvalue weighted by Gasteiger charge is 2.17. The largest absolute Gasteiger partial charge is 0.459 e. The van der Waals surface area contributed by atoms with E-state index in [0.29, 0.717) is 5.82 Å². The molecule has 0 aliphatic rings. The number of carbonyl (C=O) groups excluding carboxylic acids is 1. The molecule has 118 valence electrons. The Balaban J connectivity index is 2.74. The minimum absolute atomic E-state index is 0.230. The molecule has 21 heavy (non-hydrogen) atoms. The summed E-state index contributed by atoms with van der Waals surface area (Å²) in [5, 5.41) is 4.11. The van der Waals surface area contributed by atoms with Crippen LogP contribution in [0.2, 0.25) is 0 Å². The highest BCUT2D eigenvalue weighted by Crippen LogP contribution is 2.25. The van der Waals surface area contributed by atoms with Gasteiger partial charge in [-0.05, 0) is 41.0 Å². The average Bonchev–Trinajstić information content (AvgIpc) is 2.35. The zero-order chi connectivity index (χ0) is 16.0. The maximum Gasteiger partial charge on any atom is 0.316 e. The van der Waals surface area contributed by atoms with Gasteiger partial charge in [-0.25, -0.2) is 9.97 Å². The maximum atomic E-state index is 11.8. The highest BCUT2D eigenvalue weighted by molar-refractivity contribution is 7.99. The smallest absolute Gasteiger partial charge is 0.316 e. The predicted molar refractivity (Wildman–Crippen MR) is 86.9 cm³/mol. The Morgan fingerprint density at radius 1 is 1.29 bits per heavy atom. The van der Waals surface area contributed by atoms with Gasteiger partial charge in [-0.2, -0.15) is 0 Å². The van der Waals surface area contributed by atoms with Crippen molar-refractivity contribution in [1.29, 1.82) is 0 Å². The molecule has 1 aromatic rings. The number of nitrogens with one attached hydrogen (secondary N) is 1. The number of carbonyl (C=O) groups is 1. The van der Waals surface area contributed by atoms with Gasteiger partial charge in [-0.3, -0.25) is 4.79 Å². The van der Waals surface area contributed by atoms with E-state index in [0.717, 1.165) is 29.4 Å². The molecule has 0 aromatic carbocycles. The average molecular weight is 311 g/mol. The van der Waals surface area contributed by atoms with Crippen LogP contribution >= 0.6 is 11.8 Å². The van der Waals surface area contributed by atoms with Crippen LogP contribution in [-0.4, -0.2) is 33.8 Å². The van der Waals surface area contributed by atoms with Crippen LogP contribution in [0.1, 0.15) is 45.5 Å². The summed E-state index contributed by atoms with van der Waals surface area (Å²) >= 11 is 1.39. The van der Waals surface area contributed by atoms with Crippen LogP contribution < -0.4 is 5.32 Å². The Hall–Kier alpha value is -1.30. The van der Waals surface area contributed by atoms with Crippen molar-refractivity contribution in [1.82, 2.24) is 9.97 Å². The second-order valence-electron chi connectivity index (χ2n) is 5.85. The van der Waals surface area contributed by atoms with Gasteiger partial charge in [-0.1, -0.05) is 18.7 Å². The minimum Gasteiger partial charge on any atom is -0.459 e. The summed E-state index contributed by atoms with van der Waals surface area (Å²) in [7, 11) is 0. The summed E-state index contributed by atoms with van der Waals surface area (Å²) in [5.74, 6) is 1.56. The van der Waals surface area contributed by atoms with Crippen LogP contribution in [0, 0.1) is 13.8 Å². The SMILES string of the molecule is CCCNc1nc(C)nc(SCC(=O)OC(C)(C)C)c1C. The molecule has 1 rings (SSSR count). The van der Waals surface area contributed by atoms with Crippen molar-refractivity contribution in [2.45, 2.75) is 58.6 Å². The van der Waals surface area contributed by atoms with Crippen LogP contribution in [-0.2, 0) is 9.53 Å². The third-order valence-electron chi connectivity index (χ3n) is 2.50. The number of aromatic nitrogens is 2. The van der Waals surface area contributed by atoms with Crippen molar-refractivity contribution in [2.75, 3.05) is 17.6 Å². The fraction of sp³-hybridized carbons (Fsp3) is 0.667. The quantitative estimate of drug-likeness (QED) is 0.494. The van der Waals surface area contributed by atoms with Gasteiger partial charge in [0, 0.05) is 12.1 Å². The number of esters is 1. The topological polar surface area (TPSA) is 64.1 Å². The van der Waals surface area contributed by atoms with Gasteiger partial charge in [0.1, 0.15) is 22.3 Å². The number of hydrogen-bond donors (Lipinski definition) is 1. The van der Waals surface area contributed by atoms with E-state index in [-0.39, 0.29) is 11.7 Å². The van der Waals surface area contributed by atoms with E-state index in [9.17, 15) is 4.79 Å². The second kappa shape index (κ2) is 7.64. The number of thioether (sulfide) groups is 1. The van der Waals surface area contributed by atoms with E-state index in [1.54, 1.807) is 0 Å². The van der Waals surface area contributed by atoms with E-state index in [1.165, 1.54) is 11.8 Å². The summed E-state index contributed by atoms with van der Waals surface area (Å²) in [6.45, 7) is 12.4. The number of ether oxygens (including phenoxy) is 1. The summed E-state index contributed by atoms with van der Waals surface area (Å²) in [6.07, 6.45) is 1.03. The van der Waals surface area contributed by atoms with Crippen LogP contribution in [0.25, 0.3) is 0 Å². The molecule has 0 saturated heterocycles. The van der Waals surface area contributed by atoms with Gasteiger partial charge in [0.15, 0.2) is 0 Å². The normalized spacial score (nSPS) is 11.3. The third kappa shape index (κ3) is 6.33. The lowest BCUT2D eigenvalue weighted by Gasteiger charge is -2.19. The van der Waals surface area contributed by atoms with Gasteiger partial charge >= 0.3 is 5.97 Å². The molecule has 0 fully saturated rings. The molecule has 0 amide bonds. The summed E-state index contributed by atoms with van der Waals surface area (Å²) in [4.78, 5) is 20.6. The van der Waals surface area contributed by atoms with Crippen molar-refractivity contribution in [3.05, 3.63) is 11.4 Å². The van der Waals surface area contributed by atoms with Crippen molar-refractivity contribution in [3.63, 3.8) is 0 Å². The van der Waals surface area contributed by atoms with Crippen molar-refractivity contribution in [2.24, 2.45) is 0 Å². The minimum atomic E-state index is -0.456. The molecule has 0 aliphatic heterocycles. The van der Waals surface area contributed by atoms with Gasteiger partial charge in [0.2, 0.25) is 0 Å². The number of nitrogens with zero attached hydrogens (tertiary/aromatic N) is 2. The molecule has 1 heterocycles. The lowest BCUT2D eigenvalue weighted by Crippen LogP contribution is -2.25. The second-order valence-corrected chi connectivity index (χ2v) is 6.82. The standard InChI is InChI=1S/C15H25N3O2S/c1-7-8-16-13-10(2)14(18-11(3)17-13)21-9-12(19)20-15(4,5)6/h7-9H2,1-6H3,(H,16,17,18). The van der Waals surface area contributed by atoms with Crippen LogP contribution in [0.3, 0.4) is 0 Å². The van der Waals surface area contributed by atoms with E-state index in [4.69, 9.17) is 4.74 Å². The first-order valence-electron chi connectivity index (χ1n) is 7.16. The molecule has 6 heteroatoms. The fourth-order valence-corrected chi connectivity index (χ4v) is 2.48. The van der Waals surface area contributed by atoms with Crippen LogP contribution in [0.4, 0.5) is 5.82 Å². The van der Waals surface area contributed by atoms with E-state index in [1.807, 2.05) is 34.6 Å². The summed E-state index contributed by atoms with van der Waals surface area (Å²) in [5.41, 5.74) is 0.518. The fourth-order valence-electron chi connectivity index (χ4n) is 1.66. The molecule has 0 radical (unpaired) electrons. The van der Waals surface area contributed by atoms with Crippen molar-refractivity contribution in [3.8, 4) is 0 Å². The summed E-state index contributed by atoms with van der Waals surface area (Å²) in [6, 6.07) is 0.